The van der Waals surface area contributed by atoms with Crippen molar-refractivity contribution in [2.24, 2.45) is 5.92 Å². The van der Waals surface area contributed by atoms with Crippen LogP contribution in [-0.4, -0.2) is 20.1 Å². The van der Waals surface area contributed by atoms with Gasteiger partial charge in [0.15, 0.2) is 0 Å². The van der Waals surface area contributed by atoms with Crippen molar-refractivity contribution in [3.63, 3.8) is 0 Å². The molecule has 1 aliphatic rings. The first-order valence-corrected chi connectivity index (χ1v) is 5.03. The number of hydrogen-bond acceptors (Lipinski definition) is 3. The van der Waals surface area contributed by atoms with Gasteiger partial charge < -0.3 is 5.11 Å². The Hall–Kier alpha value is -1.16. The molecular weight excluding hydrogens is 178 g/mol. The van der Waals surface area contributed by atoms with Gasteiger partial charge in [-0.25, -0.2) is 0 Å². The van der Waals surface area contributed by atoms with Crippen molar-refractivity contribution in [3.05, 3.63) is 24.0 Å². The van der Waals surface area contributed by atoms with E-state index in [4.69, 9.17) is 5.11 Å². The molecule has 0 aliphatic heterocycles. The molecule has 0 saturated carbocycles. The second-order valence-corrected chi connectivity index (χ2v) is 3.74. The smallest absolute Gasteiger partial charge is 0.108 e. The van der Waals surface area contributed by atoms with Gasteiger partial charge >= 0.3 is 0 Å². The van der Waals surface area contributed by atoms with Gasteiger partial charge in [-0.05, 0) is 25.2 Å². The van der Waals surface area contributed by atoms with Crippen LogP contribution in [-0.2, 0) is 13.2 Å². The second-order valence-electron chi connectivity index (χ2n) is 3.74. The van der Waals surface area contributed by atoms with Crippen molar-refractivity contribution in [3.8, 4) is 0 Å². The van der Waals surface area contributed by atoms with Crippen molar-refractivity contribution in [1.29, 1.82) is 0 Å². The lowest BCUT2D eigenvalue weighted by molar-refractivity contribution is 0.276. The fraction of sp³-hybridized carbons (Fsp3) is 0.600. The lowest BCUT2D eigenvalue weighted by Crippen LogP contribution is -2.12. The van der Waals surface area contributed by atoms with Gasteiger partial charge in [-0.2, -0.15) is 0 Å². The molecule has 76 valence electrons. The van der Waals surface area contributed by atoms with E-state index in [1.165, 1.54) is 12.8 Å². The van der Waals surface area contributed by atoms with E-state index in [9.17, 15) is 0 Å². The summed E-state index contributed by atoms with van der Waals surface area (Å²) in [7, 11) is 0. The largest absolute Gasteiger partial charge is 0.390 e. The summed E-state index contributed by atoms with van der Waals surface area (Å²) in [5.41, 5.74) is 0.649. The normalized spacial score (nSPS) is 21.4. The fourth-order valence-corrected chi connectivity index (χ4v) is 1.79. The van der Waals surface area contributed by atoms with Crippen LogP contribution in [0.25, 0.3) is 0 Å². The Morgan fingerprint density at radius 3 is 3.07 bits per heavy atom. The average Bonchev–Trinajstić information content (AvgIpc) is 2.67. The first kappa shape index (κ1) is 9.40. The molecule has 0 fully saturated rings. The zero-order valence-electron chi connectivity index (χ0n) is 8.13. The summed E-state index contributed by atoms with van der Waals surface area (Å²) < 4.78 is 1.83. The van der Waals surface area contributed by atoms with Crippen molar-refractivity contribution in [1.82, 2.24) is 15.0 Å². The number of allylic oxidation sites excluding steroid dienone is 2. The van der Waals surface area contributed by atoms with Crippen LogP contribution in [0.2, 0.25) is 0 Å². The molecule has 0 spiro atoms. The third-order valence-corrected chi connectivity index (χ3v) is 2.57. The van der Waals surface area contributed by atoms with Crippen molar-refractivity contribution in [2.45, 2.75) is 32.4 Å². The van der Waals surface area contributed by atoms with Crippen LogP contribution in [0, 0.1) is 5.92 Å². The molecule has 1 aromatic rings. The first-order chi connectivity index (χ1) is 6.88. The van der Waals surface area contributed by atoms with Crippen LogP contribution >= 0.6 is 0 Å². The summed E-state index contributed by atoms with van der Waals surface area (Å²) in [5.74, 6) is 0.674. The van der Waals surface area contributed by atoms with Gasteiger partial charge in [0.1, 0.15) is 5.69 Å². The number of rotatable bonds is 3. The van der Waals surface area contributed by atoms with E-state index in [1.807, 2.05) is 10.9 Å². The minimum Gasteiger partial charge on any atom is -0.390 e. The van der Waals surface area contributed by atoms with E-state index in [2.05, 4.69) is 22.5 Å². The van der Waals surface area contributed by atoms with E-state index in [0.29, 0.717) is 11.6 Å². The van der Waals surface area contributed by atoms with Gasteiger partial charge in [0.25, 0.3) is 0 Å². The molecule has 1 unspecified atom stereocenters. The highest BCUT2D eigenvalue weighted by Crippen LogP contribution is 2.19. The van der Waals surface area contributed by atoms with Crippen molar-refractivity contribution >= 4 is 0 Å². The molecule has 2 rings (SSSR count). The van der Waals surface area contributed by atoms with Crippen LogP contribution in [0.4, 0.5) is 0 Å². The third kappa shape index (κ3) is 2.20. The van der Waals surface area contributed by atoms with Crippen LogP contribution in [0.3, 0.4) is 0 Å². The van der Waals surface area contributed by atoms with Crippen LogP contribution in [0.5, 0.6) is 0 Å². The Labute approximate surface area is 83.2 Å². The zero-order chi connectivity index (χ0) is 9.80. The van der Waals surface area contributed by atoms with Gasteiger partial charge in [-0.1, -0.05) is 17.4 Å². The highest BCUT2D eigenvalue weighted by atomic mass is 16.3. The molecule has 1 aliphatic carbocycles. The molecule has 1 atom stereocenters. The molecule has 0 radical (unpaired) electrons. The monoisotopic (exact) mass is 193 g/mol. The zero-order valence-corrected chi connectivity index (χ0v) is 8.13. The van der Waals surface area contributed by atoms with Gasteiger partial charge in [-0.3, -0.25) is 4.68 Å². The lowest BCUT2D eigenvalue weighted by Gasteiger charge is -2.16. The Balaban J connectivity index is 1.93. The first-order valence-electron chi connectivity index (χ1n) is 5.03. The fourth-order valence-electron chi connectivity index (χ4n) is 1.79. The van der Waals surface area contributed by atoms with E-state index >= 15 is 0 Å². The summed E-state index contributed by atoms with van der Waals surface area (Å²) in [4.78, 5) is 0. The molecule has 1 N–H and O–H groups in total. The molecule has 0 aromatic carbocycles. The number of aromatic nitrogens is 3. The van der Waals surface area contributed by atoms with Gasteiger partial charge in [-0.15, -0.1) is 5.10 Å². The SMILES string of the molecule is OCc1cn(CC2CC=CCC2)nn1. The van der Waals surface area contributed by atoms with Gasteiger partial charge in [0, 0.05) is 6.54 Å². The minimum absolute atomic E-state index is 0.0232. The lowest BCUT2D eigenvalue weighted by atomic mass is 9.94. The van der Waals surface area contributed by atoms with Crippen LogP contribution in [0.15, 0.2) is 18.3 Å². The molecule has 1 heterocycles. The topological polar surface area (TPSA) is 50.9 Å². The van der Waals surface area contributed by atoms with Gasteiger partial charge in [0.2, 0.25) is 0 Å². The van der Waals surface area contributed by atoms with Gasteiger partial charge in [0.05, 0.1) is 12.8 Å². The van der Waals surface area contributed by atoms with Crippen molar-refractivity contribution in [2.75, 3.05) is 0 Å². The average molecular weight is 193 g/mol. The third-order valence-electron chi connectivity index (χ3n) is 2.57. The molecular formula is C10H15N3O. The van der Waals surface area contributed by atoms with Crippen LogP contribution in [0.1, 0.15) is 25.0 Å². The standard InChI is InChI=1S/C10H15N3O/c14-8-10-7-13(12-11-10)6-9-4-2-1-3-5-9/h1-2,7,9,14H,3-6,8H2. The summed E-state index contributed by atoms with van der Waals surface area (Å²) in [5, 5.41) is 16.6. The highest BCUT2D eigenvalue weighted by Gasteiger charge is 2.11. The summed E-state index contributed by atoms with van der Waals surface area (Å²) in [6.45, 7) is 0.891. The van der Waals surface area contributed by atoms with E-state index < -0.39 is 0 Å². The number of aliphatic hydroxyl groups is 1. The summed E-state index contributed by atoms with van der Waals surface area (Å²) in [6, 6.07) is 0. The summed E-state index contributed by atoms with van der Waals surface area (Å²) >= 11 is 0. The van der Waals surface area contributed by atoms with Crippen molar-refractivity contribution < 1.29 is 5.11 Å². The molecule has 4 heteroatoms. The predicted octanol–water partition coefficient (Wildman–Crippen LogP) is 1.13. The highest BCUT2D eigenvalue weighted by molar-refractivity contribution is 4.92. The molecule has 4 nitrogen and oxygen atoms in total. The van der Waals surface area contributed by atoms with Crippen LogP contribution < -0.4 is 0 Å². The maximum Gasteiger partial charge on any atom is 0.108 e. The molecule has 0 bridgehead atoms. The Kier molecular flexibility index (Phi) is 2.93. The number of nitrogens with zero attached hydrogens (tertiary/aromatic N) is 3. The van der Waals surface area contributed by atoms with E-state index in [1.54, 1.807) is 0 Å². The Bertz CT molecular complexity index is 319. The Morgan fingerprint density at radius 1 is 1.50 bits per heavy atom. The molecule has 1 aromatic heterocycles. The maximum absolute atomic E-state index is 8.83. The number of hydrogen-bond donors (Lipinski definition) is 1. The predicted molar refractivity (Wildman–Crippen MR) is 52.4 cm³/mol. The molecule has 0 saturated heterocycles. The summed E-state index contributed by atoms with van der Waals surface area (Å²) in [6.07, 6.45) is 9.82. The second kappa shape index (κ2) is 4.37. The quantitative estimate of drug-likeness (QED) is 0.732. The Morgan fingerprint density at radius 2 is 2.43 bits per heavy atom. The number of aliphatic hydroxyl groups excluding tert-OH is 1. The van der Waals surface area contributed by atoms with E-state index in [0.717, 1.165) is 13.0 Å². The molecule has 0 amide bonds. The molecule has 14 heavy (non-hydrogen) atoms. The van der Waals surface area contributed by atoms with E-state index in [-0.39, 0.29) is 6.61 Å². The maximum atomic E-state index is 8.83. The minimum atomic E-state index is -0.0232.